The van der Waals surface area contributed by atoms with Gasteiger partial charge in [-0.1, -0.05) is 0 Å². The molecular formula is H7N2O3P. The minimum absolute atomic E-state index is 4.17. The second kappa shape index (κ2) is 0.894. The zero-order chi connectivity index (χ0) is 5.45. The maximum atomic E-state index is 7.78. The van der Waals surface area contributed by atoms with Crippen molar-refractivity contribution >= 4 is 7.59 Å². The summed E-state index contributed by atoms with van der Waals surface area (Å²) in [5.74, 6) is 0. The van der Waals surface area contributed by atoms with Gasteiger partial charge in [0.15, 0.2) is 0 Å². The Morgan fingerprint density at radius 2 is 1.00 bits per heavy atom. The fraction of sp³-hybridized carbons (Fsp3) is 0. The zero-order valence-corrected chi connectivity index (χ0v) is 3.84. The third-order valence-corrected chi connectivity index (χ3v) is 0. The molecule has 0 atom stereocenters. The molecule has 0 fully saturated rings. The second-order valence-electron chi connectivity index (χ2n) is 1.11. The van der Waals surface area contributed by atoms with E-state index in [2.05, 4.69) is 11.0 Å². The monoisotopic (exact) mass is 114 g/mol. The van der Waals surface area contributed by atoms with Gasteiger partial charge in [0.05, 0.1) is 0 Å². The first-order valence-corrected chi connectivity index (χ1v) is 3.35. The molecule has 0 aliphatic heterocycles. The Kier molecular flexibility index (Phi) is 0.928. The van der Waals surface area contributed by atoms with Crippen molar-refractivity contribution in [1.82, 2.24) is 0 Å². The third-order valence-electron chi connectivity index (χ3n) is 0. The summed E-state index contributed by atoms with van der Waals surface area (Å²) in [5, 5.41) is 0. The Hall–Kier alpha value is 0.230. The zero-order valence-electron chi connectivity index (χ0n) is 2.94. The summed E-state index contributed by atoms with van der Waals surface area (Å²) in [5.41, 5.74) is 8.34. The van der Waals surface area contributed by atoms with Crippen LogP contribution in [0.5, 0.6) is 0 Å². The first-order valence-electron chi connectivity index (χ1n) is 1.12. The summed E-state index contributed by atoms with van der Waals surface area (Å²) in [4.78, 5) is 23.4. The fourth-order valence-corrected chi connectivity index (χ4v) is 0. The fourth-order valence-electron chi connectivity index (χ4n) is 0. The number of rotatable bonds is 0. The van der Waals surface area contributed by atoms with Gasteiger partial charge in [-0.25, -0.2) is 0 Å². The van der Waals surface area contributed by atoms with Crippen LogP contribution in [0.2, 0.25) is 0 Å². The average molecular weight is 114 g/mol. The van der Waals surface area contributed by atoms with Crippen molar-refractivity contribution in [3.05, 3.63) is 0 Å². The SMILES string of the molecule is NP(N)(O)(O)O. The summed E-state index contributed by atoms with van der Waals surface area (Å²) >= 11 is 0. The van der Waals surface area contributed by atoms with E-state index in [1.165, 1.54) is 0 Å². The molecule has 0 spiro atoms. The van der Waals surface area contributed by atoms with Gasteiger partial charge in [-0.2, -0.15) is 0 Å². The Balaban J connectivity index is 3.73. The number of nitrogens with two attached hydrogens (primary N) is 2. The summed E-state index contributed by atoms with van der Waals surface area (Å²) in [6, 6.07) is 0. The second-order valence-corrected chi connectivity index (χ2v) is 3.33. The van der Waals surface area contributed by atoms with Gasteiger partial charge in [0.25, 0.3) is 0 Å². The molecule has 5 nitrogen and oxygen atoms in total. The van der Waals surface area contributed by atoms with Crippen LogP contribution in [0.25, 0.3) is 0 Å². The molecule has 0 heterocycles. The van der Waals surface area contributed by atoms with Gasteiger partial charge in [-0.05, 0) is 0 Å². The molecule has 0 saturated carbocycles. The Labute approximate surface area is 34.5 Å². The molecule has 0 unspecified atom stereocenters. The van der Waals surface area contributed by atoms with E-state index >= 15 is 0 Å². The van der Waals surface area contributed by atoms with Crippen molar-refractivity contribution in [3.8, 4) is 0 Å². The van der Waals surface area contributed by atoms with Crippen molar-refractivity contribution in [2.75, 3.05) is 0 Å². The van der Waals surface area contributed by atoms with Crippen molar-refractivity contribution in [1.29, 1.82) is 0 Å². The van der Waals surface area contributed by atoms with Crippen LogP contribution >= 0.6 is 7.59 Å². The molecule has 0 amide bonds. The van der Waals surface area contributed by atoms with E-state index in [0.717, 1.165) is 0 Å². The average Bonchev–Trinajstić information content (AvgIpc) is 0.650. The van der Waals surface area contributed by atoms with Crippen LogP contribution in [-0.2, 0) is 0 Å². The summed E-state index contributed by atoms with van der Waals surface area (Å²) in [7, 11) is -5.05. The third kappa shape index (κ3) is 834. The predicted octanol–water partition coefficient (Wildman–Crippen LogP) is -1.99. The van der Waals surface area contributed by atoms with Crippen LogP contribution in [0.1, 0.15) is 0 Å². The molecule has 0 saturated heterocycles. The van der Waals surface area contributed by atoms with Crippen molar-refractivity contribution in [2.24, 2.45) is 11.0 Å². The minimum atomic E-state index is -5.05. The van der Waals surface area contributed by atoms with E-state index in [1.54, 1.807) is 0 Å². The maximum absolute atomic E-state index is 7.78. The van der Waals surface area contributed by atoms with Gasteiger partial charge in [0.1, 0.15) is 0 Å². The van der Waals surface area contributed by atoms with Crippen LogP contribution in [0.3, 0.4) is 0 Å². The summed E-state index contributed by atoms with van der Waals surface area (Å²) < 4.78 is 0. The van der Waals surface area contributed by atoms with E-state index in [0.29, 0.717) is 0 Å². The quantitative estimate of drug-likeness (QED) is 0.234. The molecule has 0 aromatic rings. The Bertz CT molecular complexity index is 42.0. The van der Waals surface area contributed by atoms with E-state index in [9.17, 15) is 0 Å². The molecular weight excluding hydrogens is 107 g/mol. The molecule has 0 aliphatic rings. The predicted molar refractivity (Wildman–Crippen MR) is 22.0 cm³/mol. The first kappa shape index (κ1) is 6.23. The standard InChI is InChI=1S/H7N2O3P/c1-6(2,3,4)5/h3-5H,1-2H2. The van der Waals surface area contributed by atoms with Gasteiger partial charge in [0.2, 0.25) is 0 Å². The number of hydrogen-bond donors (Lipinski definition) is 5. The normalized spacial score (nSPS) is 19.2. The molecule has 40 valence electrons. The van der Waals surface area contributed by atoms with Crippen LogP contribution in [0.4, 0.5) is 0 Å². The van der Waals surface area contributed by atoms with E-state index < -0.39 is 7.59 Å². The molecule has 0 rings (SSSR count). The van der Waals surface area contributed by atoms with E-state index in [4.69, 9.17) is 14.7 Å². The molecule has 6 heavy (non-hydrogen) atoms. The Morgan fingerprint density at radius 3 is 1.00 bits per heavy atom. The van der Waals surface area contributed by atoms with Gasteiger partial charge >= 0.3 is 33.3 Å². The van der Waals surface area contributed by atoms with Crippen LogP contribution in [-0.4, -0.2) is 14.7 Å². The first-order chi connectivity index (χ1) is 2.24. The van der Waals surface area contributed by atoms with Gasteiger partial charge in [-0.15, -0.1) is 0 Å². The molecule has 0 radical (unpaired) electrons. The number of hydrogen-bond acceptors (Lipinski definition) is 5. The summed E-state index contributed by atoms with van der Waals surface area (Å²) in [6.45, 7) is 0. The Morgan fingerprint density at radius 1 is 1.00 bits per heavy atom. The van der Waals surface area contributed by atoms with Crippen molar-refractivity contribution in [3.63, 3.8) is 0 Å². The van der Waals surface area contributed by atoms with Crippen LogP contribution < -0.4 is 11.0 Å². The van der Waals surface area contributed by atoms with E-state index in [-0.39, 0.29) is 0 Å². The molecule has 0 aliphatic carbocycles. The molecule has 0 aromatic carbocycles. The molecule has 7 N–H and O–H groups in total. The van der Waals surface area contributed by atoms with Crippen molar-refractivity contribution < 1.29 is 14.7 Å². The van der Waals surface area contributed by atoms with Gasteiger partial charge < -0.3 is 0 Å². The van der Waals surface area contributed by atoms with Crippen LogP contribution in [0.15, 0.2) is 0 Å². The molecule has 0 bridgehead atoms. The van der Waals surface area contributed by atoms with Gasteiger partial charge in [-0.3, -0.25) is 0 Å². The summed E-state index contributed by atoms with van der Waals surface area (Å²) in [6.07, 6.45) is 0. The molecule has 0 aromatic heterocycles. The topological polar surface area (TPSA) is 113 Å². The van der Waals surface area contributed by atoms with E-state index in [1.807, 2.05) is 0 Å². The molecule has 6 heteroatoms. The van der Waals surface area contributed by atoms with Crippen molar-refractivity contribution in [2.45, 2.75) is 0 Å². The van der Waals surface area contributed by atoms with Crippen LogP contribution in [0, 0.1) is 0 Å². The van der Waals surface area contributed by atoms with Gasteiger partial charge in [0, 0.05) is 0 Å².